The molecule has 19 heavy (non-hydrogen) atoms. The zero-order chi connectivity index (χ0) is 14.3. The third-order valence-corrected chi connectivity index (χ3v) is 2.98. The van der Waals surface area contributed by atoms with Gasteiger partial charge in [0, 0.05) is 11.2 Å². The molecular formula is C15H24N2O2. The smallest absolute Gasteiger partial charge is 0.239 e. The van der Waals surface area contributed by atoms with Crippen LogP contribution in [0.25, 0.3) is 0 Å². The Morgan fingerprint density at radius 2 is 1.84 bits per heavy atom. The molecule has 0 aliphatic heterocycles. The van der Waals surface area contributed by atoms with Crippen LogP contribution in [-0.2, 0) is 4.79 Å². The molecule has 0 saturated carbocycles. The summed E-state index contributed by atoms with van der Waals surface area (Å²) in [6.07, 6.45) is 0.905. The van der Waals surface area contributed by atoms with E-state index in [1.165, 1.54) is 0 Å². The number of carbonyl (C=O) groups is 1. The zero-order valence-corrected chi connectivity index (χ0v) is 12.2. The van der Waals surface area contributed by atoms with Crippen LogP contribution in [0.2, 0.25) is 0 Å². The fourth-order valence-corrected chi connectivity index (χ4v) is 1.53. The summed E-state index contributed by atoms with van der Waals surface area (Å²) < 4.78 is 5.36. The van der Waals surface area contributed by atoms with Gasteiger partial charge < -0.3 is 15.4 Å². The van der Waals surface area contributed by atoms with E-state index < -0.39 is 0 Å². The first-order valence-corrected chi connectivity index (χ1v) is 6.74. The van der Waals surface area contributed by atoms with Crippen molar-refractivity contribution < 1.29 is 9.53 Å². The van der Waals surface area contributed by atoms with Gasteiger partial charge in [0.15, 0.2) is 0 Å². The second kappa shape index (κ2) is 7.02. The SMILES string of the molecule is CCOc1ccc(NCC(=O)NC(C)(C)CC)cc1. The number of rotatable bonds is 7. The Labute approximate surface area is 115 Å². The number of benzene rings is 1. The molecule has 0 fully saturated rings. The number of hydrogen-bond acceptors (Lipinski definition) is 3. The second-order valence-corrected chi connectivity index (χ2v) is 5.10. The van der Waals surface area contributed by atoms with Gasteiger partial charge in [0.2, 0.25) is 5.91 Å². The van der Waals surface area contributed by atoms with E-state index in [9.17, 15) is 4.79 Å². The van der Waals surface area contributed by atoms with Crippen molar-refractivity contribution in [3.05, 3.63) is 24.3 Å². The van der Waals surface area contributed by atoms with Crippen molar-refractivity contribution in [2.45, 2.75) is 39.7 Å². The molecule has 0 aromatic heterocycles. The Kier molecular flexibility index (Phi) is 5.67. The van der Waals surface area contributed by atoms with Crippen molar-refractivity contribution in [3.63, 3.8) is 0 Å². The number of nitrogens with one attached hydrogen (secondary N) is 2. The second-order valence-electron chi connectivity index (χ2n) is 5.10. The van der Waals surface area contributed by atoms with Gasteiger partial charge in [0.25, 0.3) is 0 Å². The Balaban J connectivity index is 2.42. The number of carbonyl (C=O) groups excluding carboxylic acids is 1. The highest BCUT2D eigenvalue weighted by molar-refractivity contribution is 5.81. The van der Waals surface area contributed by atoms with Gasteiger partial charge in [-0.15, -0.1) is 0 Å². The summed E-state index contributed by atoms with van der Waals surface area (Å²) >= 11 is 0. The molecule has 0 saturated heterocycles. The molecule has 0 spiro atoms. The summed E-state index contributed by atoms with van der Waals surface area (Å²) in [6, 6.07) is 7.59. The number of amides is 1. The Morgan fingerprint density at radius 1 is 1.21 bits per heavy atom. The first-order chi connectivity index (χ1) is 8.96. The van der Waals surface area contributed by atoms with Crippen LogP contribution < -0.4 is 15.4 Å². The lowest BCUT2D eigenvalue weighted by Gasteiger charge is -2.24. The van der Waals surface area contributed by atoms with Crippen LogP contribution in [0.5, 0.6) is 5.75 Å². The predicted octanol–water partition coefficient (Wildman–Crippen LogP) is 2.80. The van der Waals surface area contributed by atoms with Gasteiger partial charge in [-0.3, -0.25) is 4.79 Å². The highest BCUT2D eigenvalue weighted by Gasteiger charge is 2.17. The Hall–Kier alpha value is -1.71. The average molecular weight is 264 g/mol. The van der Waals surface area contributed by atoms with E-state index in [1.54, 1.807) is 0 Å². The average Bonchev–Trinajstić information content (AvgIpc) is 2.38. The summed E-state index contributed by atoms with van der Waals surface area (Å²) in [7, 11) is 0. The first-order valence-electron chi connectivity index (χ1n) is 6.74. The van der Waals surface area contributed by atoms with Crippen LogP contribution in [0.3, 0.4) is 0 Å². The van der Waals surface area contributed by atoms with E-state index in [1.807, 2.05) is 45.0 Å². The van der Waals surface area contributed by atoms with E-state index >= 15 is 0 Å². The molecular weight excluding hydrogens is 240 g/mol. The van der Waals surface area contributed by atoms with Crippen molar-refractivity contribution in [2.24, 2.45) is 0 Å². The molecule has 0 unspecified atom stereocenters. The standard InChI is InChI=1S/C15H24N2O2/c1-5-15(3,4)17-14(18)11-16-12-7-9-13(10-8-12)19-6-2/h7-10,16H,5-6,11H2,1-4H3,(H,17,18). The van der Waals surface area contributed by atoms with Gasteiger partial charge in [-0.1, -0.05) is 6.92 Å². The van der Waals surface area contributed by atoms with Crippen molar-refractivity contribution in [1.29, 1.82) is 0 Å². The molecule has 2 N–H and O–H groups in total. The van der Waals surface area contributed by atoms with Crippen LogP contribution in [0.4, 0.5) is 5.69 Å². The maximum atomic E-state index is 11.8. The number of ether oxygens (including phenoxy) is 1. The largest absolute Gasteiger partial charge is 0.494 e. The van der Waals surface area contributed by atoms with Crippen molar-refractivity contribution in [3.8, 4) is 5.75 Å². The maximum Gasteiger partial charge on any atom is 0.239 e. The minimum atomic E-state index is -0.155. The van der Waals surface area contributed by atoms with Gasteiger partial charge in [-0.2, -0.15) is 0 Å². The topological polar surface area (TPSA) is 50.4 Å². The van der Waals surface area contributed by atoms with E-state index in [4.69, 9.17) is 4.74 Å². The van der Waals surface area contributed by atoms with Gasteiger partial charge >= 0.3 is 0 Å². The lowest BCUT2D eigenvalue weighted by Crippen LogP contribution is -2.45. The summed E-state index contributed by atoms with van der Waals surface area (Å²) in [5.41, 5.74) is 0.755. The van der Waals surface area contributed by atoms with Crippen LogP contribution in [0.1, 0.15) is 34.1 Å². The van der Waals surface area contributed by atoms with Gasteiger partial charge in [-0.25, -0.2) is 0 Å². The molecule has 0 aliphatic carbocycles. The van der Waals surface area contributed by atoms with Crippen molar-refractivity contribution in [1.82, 2.24) is 5.32 Å². The van der Waals surface area contributed by atoms with E-state index in [-0.39, 0.29) is 18.0 Å². The quantitative estimate of drug-likeness (QED) is 0.796. The Morgan fingerprint density at radius 3 is 2.37 bits per heavy atom. The highest BCUT2D eigenvalue weighted by Crippen LogP contribution is 2.15. The fraction of sp³-hybridized carbons (Fsp3) is 0.533. The summed E-state index contributed by atoms with van der Waals surface area (Å²) in [5.74, 6) is 0.838. The lowest BCUT2D eigenvalue weighted by atomic mass is 10.0. The molecule has 0 bridgehead atoms. The summed E-state index contributed by atoms with van der Waals surface area (Å²) in [5, 5.41) is 6.07. The molecule has 0 heterocycles. The van der Waals surface area contributed by atoms with Gasteiger partial charge in [-0.05, 0) is 51.5 Å². The van der Waals surface area contributed by atoms with E-state index in [0.717, 1.165) is 17.9 Å². The fourth-order valence-electron chi connectivity index (χ4n) is 1.53. The molecule has 106 valence electrons. The monoisotopic (exact) mass is 264 g/mol. The zero-order valence-electron chi connectivity index (χ0n) is 12.2. The highest BCUT2D eigenvalue weighted by atomic mass is 16.5. The minimum Gasteiger partial charge on any atom is -0.494 e. The molecule has 1 aromatic rings. The third-order valence-electron chi connectivity index (χ3n) is 2.98. The van der Waals surface area contributed by atoms with Crippen LogP contribution >= 0.6 is 0 Å². The van der Waals surface area contributed by atoms with E-state index in [0.29, 0.717) is 6.61 Å². The minimum absolute atomic E-state index is 0.000680. The molecule has 1 aromatic carbocycles. The molecule has 1 amide bonds. The molecule has 0 aliphatic rings. The van der Waals surface area contributed by atoms with Crippen molar-refractivity contribution >= 4 is 11.6 Å². The molecule has 1 rings (SSSR count). The third kappa shape index (κ3) is 5.64. The van der Waals surface area contributed by atoms with Gasteiger partial charge in [0.05, 0.1) is 13.2 Å². The molecule has 4 heteroatoms. The van der Waals surface area contributed by atoms with Crippen LogP contribution in [-0.4, -0.2) is 24.6 Å². The molecule has 0 atom stereocenters. The van der Waals surface area contributed by atoms with Crippen molar-refractivity contribution in [2.75, 3.05) is 18.5 Å². The van der Waals surface area contributed by atoms with Crippen LogP contribution in [0.15, 0.2) is 24.3 Å². The summed E-state index contributed by atoms with van der Waals surface area (Å²) in [4.78, 5) is 11.8. The number of hydrogen-bond donors (Lipinski definition) is 2. The molecule has 4 nitrogen and oxygen atoms in total. The molecule has 0 radical (unpaired) electrons. The predicted molar refractivity (Wildman–Crippen MR) is 78.6 cm³/mol. The maximum absolute atomic E-state index is 11.8. The van der Waals surface area contributed by atoms with E-state index in [2.05, 4.69) is 17.6 Å². The lowest BCUT2D eigenvalue weighted by molar-refractivity contribution is -0.121. The normalized spacial score (nSPS) is 10.9. The first kappa shape index (κ1) is 15.3. The summed E-state index contributed by atoms with van der Waals surface area (Å²) in [6.45, 7) is 8.97. The van der Waals surface area contributed by atoms with Crippen LogP contribution in [0, 0.1) is 0 Å². The number of anilines is 1. The van der Waals surface area contributed by atoms with Gasteiger partial charge in [0.1, 0.15) is 5.75 Å². The Bertz CT molecular complexity index is 399.